The van der Waals surface area contributed by atoms with Gasteiger partial charge in [0.05, 0.1) is 12.0 Å². The highest BCUT2D eigenvalue weighted by molar-refractivity contribution is 6.30. The summed E-state index contributed by atoms with van der Waals surface area (Å²) in [5, 5.41) is 0.626. The van der Waals surface area contributed by atoms with Gasteiger partial charge in [0, 0.05) is 23.4 Å². The summed E-state index contributed by atoms with van der Waals surface area (Å²) in [7, 11) is 0. The number of alkyl halides is 1. The van der Waals surface area contributed by atoms with Crippen molar-refractivity contribution in [3.63, 3.8) is 0 Å². The van der Waals surface area contributed by atoms with E-state index in [0.717, 1.165) is 5.56 Å². The van der Waals surface area contributed by atoms with Crippen LogP contribution in [0.5, 0.6) is 0 Å². The molecule has 142 valence electrons. The van der Waals surface area contributed by atoms with Crippen LogP contribution in [0.1, 0.15) is 38.7 Å². The summed E-state index contributed by atoms with van der Waals surface area (Å²) >= 11 is 11.9. The second-order valence-corrected chi connectivity index (χ2v) is 8.57. The van der Waals surface area contributed by atoms with Crippen molar-refractivity contribution in [2.75, 3.05) is 12.4 Å². The second-order valence-electron chi connectivity index (χ2n) is 7.76. The minimum absolute atomic E-state index is 0.155. The molecule has 0 bridgehead atoms. The van der Waals surface area contributed by atoms with Crippen molar-refractivity contribution in [3.8, 4) is 0 Å². The van der Waals surface area contributed by atoms with Crippen LogP contribution in [-0.4, -0.2) is 47.1 Å². The summed E-state index contributed by atoms with van der Waals surface area (Å²) in [6.07, 6.45) is -0.335. The van der Waals surface area contributed by atoms with E-state index in [1.54, 1.807) is 17.0 Å². The normalized spacial score (nSPS) is 28.0. The highest BCUT2D eigenvalue weighted by Crippen LogP contribution is 2.45. The summed E-state index contributed by atoms with van der Waals surface area (Å²) < 4.78 is 11.1. The molecule has 2 fully saturated rings. The Morgan fingerprint density at radius 2 is 1.96 bits per heavy atom. The zero-order valence-electron chi connectivity index (χ0n) is 15.1. The maximum absolute atomic E-state index is 12.8. The maximum atomic E-state index is 12.8. The Kier molecular flexibility index (Phi) is 5.40. The van der Waals surface area contributed by atoms with E-state index < -0.39 is 23.7 Å². The smallest absolute Gasteiger partial charge is 0.410 e. The molecule has 2 aliphatic rings. The first-order valence-corrected chi connectivity index (χ1v) is 9.64. The Labute approximate surface area is 163 Å². The Hall–Kier alpha value is -1.46. The summed E-state index contributed by atoms with van der Waals surface area (Å²) in [5.41, 5.74) is 0.343. The largest absolute Gasteiger partial charge is 0.460 e. The number of amides is 1. The molecule has 26 heavy (non-hydrogen) atoms. The molecule has 1 aromatic rings. The third kappa shape index (κ3) is 3.79. The van der Waals surface area contributed by atoms with Crippen molar-refractivity contribution >= 4 is 35.3 Å². The molecule has 1 amide bonds. The number of benzene rings is 1. The van der Waals surface area contributed by atoms with Crippen LogP contribution in [0.3, 0.4) is 0 Å². The minimum Gasteiger partial charge on any atom is -0.460 e. The van der Waals surface area contributed by atoms with Gasteiger partial charge in [-0.15, -0.1) is 11.6 Å². The molecular formula is C19H23Cl2NO4. The number of hydrogen-bond donors (Lipinski definition) is 0. The van der Waals surface area contributed by atoms with E-state index in [1.165, 1.54) is 0 Å². The molecule has 0 saturated carbocycles. The molecule has 0 aromatic heterocycles. The first kappa shape index (κ1) is 19.3. The molecule has 5 nitrogen and oxygen atoms in total. The summed E-state index contributed by atoms with van der Waals surface area (Å²) in [5.74, 6) is -0.500. The SMILES string of the molecule is CC(C)(C)OC(=O)N1C[C@H](c2ccc(Cl)cc2)[C@H]2C(=O)O[C@H](CCCl)[C@H]21. The molecule has 2 heterocycles. The summed E-state index contributed by atoms with van der Waals surface area (Å²) in [6.45, 7) is 5.87. The van der Waals surface area contributed by atoms with Gasteiger partial charge in [-0.1, -0.05) is 23.7 Å². The predicted octanol–water partition coefficient (Wildman–Crippen LogP) is 4.21. The van der Waals surface area contributed by atoms with Crippen LogP contribution >= 0.6 is 23.2 Å². The molecule has 0 radical (unpaired) electrons. The Balaban J connectivity index is 1.93. The number of ether oxygens (including phenoxy) is 2. The Bertz CT molecular complexity index is 686. The van der Waals surface area contributed by atoms with Crippen LogP contribution in [0.2, 0.25) is 5.02 Å². The zero-order valence-corrected chi connectivity index (χ0v) is 16.6. The van der Waals surface area contributed by atoms with Crippen molar-refractivity contribution in [1.82, 2.24) is 4.90 Å². The molecule has 0 N–H and O–H groups in total. The van der Waals surface area contributed by atoms with Crippen molar-refractivity contribution < 1.29 is 19.1 Å². The number of cyclic esters (lactones) is 1. The van der Waals surface area contributed by atoms with Crippen molar-refractivity contribution in [2.24, 2.45) is 5.92 Å². The van der Waals surface area contributed by atoms with Crippen LogP contribution in [0.15, 0.2) is 24.3 Å². The Morgan fingerprint density at radius 1 is 1.31 bits per heavy atom. The first-order valence-electron chi connectivity index (χ1n) is 8.73. The third-order valence-electron chi connectivity index (χ3n) is 4.80. The lowest BCUT2D eigenvalue weighted by Gasteiger charge is -2.30. The Morgan fingerprint density at radius 3 is 2.54 bits per heavy atom. The van der Waals surface area contributed by atoms with Gasteiger partial charge in [0.2, 0.25) is 0 Å². The summed E-state index contributed by atoms with van der Waals surface area (Å²) in [4.78, 5) is 27.0. The number of likely N-dealkylation sites (tertiary alicyclic amines) is 1. The van der Waals surface area contributed by atoms with Gasteiger partial charge in [0.25, 0.3) is 0 Å². The molecular weight excluding hydrogens is 377 g/mol. The van der Waals surface area contributed by atoms with Gasteiger partial charge >= 0.3 is 12.1 Å². The lowest BCUT2D eigenvalue weighted by molar-refractivity contribution is -0.145. The van der Waals surface area contributed by atoms with Crippen LogP contribution < -0.4 is 0 Å². The predicted molar refractivity (Wildman–Crippen MR) is 99.6 cm³/mol. The van der Waals surface area contributed by atoms with E-state index in [2.05, 4.69) is 0 Å². The van der Waals surface area contributed by atoms with Gasteiger partial charge in [-0.2, -0.15) is 0 Å². The number of hydrogen-bond acceptors (Lipinski definition) is 4. The van der Waals surface area contributed by atoms with Crippen molar-refractivity contribution in [1.29, 1.82) is 0 Å². The number of rotatable bonds is 3. The fourth-order valence-corrected chi connectivity index (χ4v) is 4.13. The van der Waals surface area contributed by atoms with Crippen LogP contribution in [0, 0.1) is 5.92 Å². The molecule has 7 heteroatoms. The van der Waals surface area contributed by atoms with Crippen LogP contribution in [-0.2, 0) is 14.3 Å². The van der Waals surface area contributed by atoms with Gasteiger partial charge in [-0.05, 0) is 44.9 Å². The van der Waals surface area contributed by atoms with E-state index in [9.17, 15) is 9.59 Å². The second kappa shape index (κ2) is 7.28. The zero-order chi connectivity index (χ0) is 19.1. The van der Waals surface area contributed by atoms with Gasteiger partial charge < -0.3 is 9.47 Å². The molecule has 2 saturated heterocycles. The number of carbonyl (C=O) groups excluding carboxylic acids is 2. The molecule has 3 rings (SSSR count). The molecule has 0 aliphatic carbocycles. The average Bonchev–Trinajstić information content (AvgIpc) is 3.07. The number of nitrogens with zero attached hydrogens (tertiary/aromatic N) is 1. The van der Waals surface area contributed by atoms with Crippen molar-refractivity contribution in [3.05, 3.63) is 34.9 Å². The van der Waals surface area contributed by atoms with Gasteiger partial charge in [0.1, 0.15) is 11.7 Å². The van der Waals surface area contributed by atoms with E-state index in [4.69, 9.17) is 32.7 Å². The van der Waals surface area contributed by atoms with Gasteiger partial charge in [0.15, 0.2) is 0 Å². The average molecular weight is 400 g/mol. The lowest BCUT2D eigenvalue weighted by Crippen LogP contribution is -2.45. The fraction of sp³-hybridized carbons (Fsp3) is 0.579. The standard InChI is InChI=1S/C19H23Cl2NO4/c1-19(2,3)26-18(24)22-10-13(11-4-6-12(21)7-5-11)15-16(22)14(8-9-20)25-17(15)23/h4-7,13-16H,8-10H2,1-3H3/t13-,14-,15-,16-/m1/s1. The summed E-state index contributed by atoms with van der Waals surface area (Å²) in [6, 6.07) is 7.00. The monoisotopic (exact) mass is 399 g/mol. The lowest BCUT2D eigenvalue weighted by atomic mass is 9.85. The van der Waals surface area contributed by atoms with Crippen molar-refractivity contribution in [2.45, 2.75) is 50.9 Å². The number of fused-ring (bicyclic) bond motifs is 1. The highest BCUT2D eigenvalue weighted by atomic mass is 35.5. The molecule has 0 unspecified atom stereocenters. The van der Waals surface area contributed by atoms with Gasteiger partial charge in [-0.25, -0.2) is 4.79 Å². The fourth-order valence-electron chi connectivity index (χ4n) is 3.79. The van der Waals surface area contributed by atoms with Crippen LogP contribution in [0.25, 0.3) is 0 Å². The van der Waals surface area contributed by atoms with E-state index >= 15 is 0 Å². The maximum Gasteiger partial charge on any atom is 0.410 e. The van der Waals surface area contributed by atoms with Crippen LogP contribution in [0.4, 0.5) is 4.79 Å². The van der Waals surface area contributed by atoms with E-state index in [0.29, 0.717) is 23.9 Å². The molecule has 0 spiro atoms. The van der Waals surface area contributed by atoms with E-state index in [-0.39, 0.29) is 17.9 Å². The first-order chi connectivity index (χ1) is 12.2. The van der Waals surface area contributed by atoms with E-state index in [1.807, 2.05) is 32.9 Å². The third-order valence-corrected chi connectivity index (χ3v) is 5.27. The molecule has 4 atom stereocenters. The topological polar surface area (TPSA) is 55.8 Å². The number of carbonyl (C=O) groups is 2. The van der Waals surface area contributed by atoms with Gasteiger partial charge in [-0.3, -0.25) is 9.69 Å². The number of esters is 1. The minimum atomic E-state index is -0.615. The highest BCUT2D eigenvalue weighted by Gasteiger charge is 2.58. The molecule has 2 aliphatic heterocycles. The quantitative estimate of drug-likeness (QED) is 0.563. The molecule has 1 aromatic carbocycles. The number of halogens is 2.